The first-order valence-electron chi connectivity index (χ1n) is 4.75. The van der Waals surface area contributed by atoms with Crippen LogP contribution < -0.4 is 0 Å². The molecule has 1 aliphatic rings. The highest BCUT2D eigenvalue weighted by Gasteiger charge is 2.63. The minimum atomic E-state index is -0.147. The lowest BCUT2D eigenvalue weighted by Crippen LogP contribution is -2.08. The largest absolute Gasteiger partial charge is 0.469 e. The predicted octanol–water partition coefficient (Wildman–Crippen LogP) is 1.61. The molecule has 13 heavy (non-hydrogen) atoms. The fourth-order valence-corrected chi connectivity index (χ4v) is 1.70. The van der Waals surface area contributed by atoms with Gasteiger partial charge in [0.25, 0.3) is 0 Å². The molecule has 3 nitrogen and oxygen atoms in total. The van der Waals surface area contributed by atoms with Crippen LogP contribution in [0.2, 0.25) is 0 Å². The molecule has 0 bridgehead atoms. The Morgan fingerprint density at radius 1 is 1.46 bits per heavy atom. The standard InChI is InChI=1S/C10H18O3/c1-5-6-13-8-7(9(11)12-4)10(8,2)3/h7-8H,5-6H2,1-4H3. The van der Waals surface area contributed by atoms with Gasteiger partial charge in [-0.1, -0.05) is 20.8 Å². The molecule has 2 unspecified atom stereocenters. The average Bonchev–Trinajstić information content (AvgIpc) is 2.63. The highest BCUT2D eigenvalue weighted by Crippen LogP contribution is 2.54. The van der Waals surface area contributed by atoms with Crippen LogP contribution in [0.25, 0.3) is 0 Å². The van der Waals surface area contributed by atoms with Gasteiger partial charge >= 0.3 is 5.97 Å². The Bertz CT molecular complexity index is 198. The first kappa shape index (κ1) is 10.5. The van der Waals surface area contributed by atoms with Crippen molar-refractivity contribution < 1.29 is 14.3 Å². The number of hydrogen-bond donors (Lipinski definition) is 0. The predicted molar refractivity (Wildman–Crippen MR) is 49.3 cm³/mol. The lowest BCUT2D eigenvalue weighted by atomic mass is 10.1. The van der Waals surface area contributed by atoms with E-state index in [1.54, 1.807) is 0 Å². The molecule has 3 heteroatoms. The van der Waals surface area contributed by atoms with Crippen molar-refractivity contribution in [1.29, 1.82) is 0 Å². The number of ether oxygens (including phenoxy) is 2. The van der Waals surface area contributed by atoms with Crippen LogP contribution >= 0.6 is 0 Å². The number of methoxy groups -OCH3 is 1. The van der Waals surface area contributed by atoms with Crippen molar-refractivity contribution in [3.05, 3.63) is 0 Å². The Labute approximate surface area is 79.4 Å². The molecule has 2 atom stereocenters. The fraction of sp³-hybridized carbons (Fsp3) is 0.900. The maximum absolute atomic E-state index is 11.3. The van der Waals surface area contributed by atoms with Crippen LogP contribution in [0.4, 0.5) is 0 Å². The molecule has 1 fully saturated rings. The molecule has 0 radical (unpaired) electrons. The van der Waals surface area contributed by atoms with E-state index in [1.165, 1.54) is 7.11 Å². The fourth-order valence-electron chi connectivity index (χ4n) is 1.70. The summed E-state index contributed by atoms with van der Waals surface area (Å²) in [6.45, 7) is 6.86. The maximum atomic E-state index is 11.3. The molecule has 0 N–H and O–H groups in total. The van der Waals surface area contributed by atoms with Gasteiger partial charge in [0.05, 0.1) is 19.1 Å². The molecule has 0 aromatic rings. The second kappa shape index (κ2) is 3.66. The number of carbonyl (C=O) groups excluding carboxylic acids is 1. The molecule has 1 aliphatic carbocycles. The monoisotopic (exact) mass is 186 g/mol. The van der Waals surface area contributed by atoms with Gasteiger partial charge in [0.2, 0.25) is 0 Å². The van der Waals surface area contributed by atoms with Gasteiger partial charge in [0.1, 0.15) is 0 Å². The SMILES string of the molecule is CCCOC1C(C(=O)OC)C1(C)C. The zero-order valence-corrected chi connectivity index (χ0v) is 8.79. The minimum Gasteiger partial charge on any atom is -0.469 e. The molecular formula is C10H18O3. The smallest absolute Gasteiger partial charge is 0.311 e. The number of hydrogen-bond acceptors (Lipinski definition) is 3. The van der Waals surface area contributed by atoms with Gasteiger partial charge in [-0.3, -0.25) is 4.79 Å². The van der Waals surface area contributed by atoms with E-state index in [9.17, 15) is 4.79 Å². The van der Waals surface area contributed by atoms with Crippen molar-refractivity contribution in [2.24, 2.45) is 11.3 Å². The summed E-state index contributed by atoms with van der Waals surface area (Å²) in [4.78, 5) is 11.3. The van der Waals surface area contributed by atoms with Gasteiger partial charge in [-0.25, -0.2) is 0 Å². The van der Waals surface area contributed by atoms with Crippen molar-refractivity contribution in [1.82, 2.24) is 0 Å². The number of carbonyl (C=O) groups is 1. The lowest BCUT2D eigenvalue weighted by molar-refractivity contribution is -0.143. The molecule has 0 aromatic heterocycles. The van der Waals surface area contributed by atoms with E-state index in [0.717, 1.165) is 13.0 Å². The molecular weight excluding hydrogens is 168 g/mol. The van der Waals surface area contributed by atoms with Gasteiger partial charge in [-0.15, -0.1) is 0 Å². The van der Waals surface area contributed by atoms with Gasteiger partial charge in [-0.05, 0) is 6.42 Å². The maximum Gasteiger partial charge on any atom is 0.311 e. The minimum absolute atomic E-state index is 0.0394. The molecule has 0 amide bonds. The van der Waals surface area contributed by atoms with E-state index in [4.69, 9.17) is 9.47 Å². The lowest BCUT2D eigenvalue weighted by Gasteiger charge is -2.01. The Hall–Kier alpha value is -0.570. The topological polar surface area (TPSA) is 35.5 Å². The zero-order chi connectivity index (χ0) is 10.1. The summed E-state index contributed by atoms with van der Waals surface area (Å²) in [5.41, 5.74) is -0.0394. The average molecular weight is 186 g/mol. The molecule has 0 aliphatic heterocycles. The quantitative estimate of drug-likeness (QED) is 0.626. The molecule has 0 saturated heterocycles. The van der Waals surface area contributed by atoms with Crippen LogP contribution in [-0.4, -0.2) is 25.8 Å². The highest BCUT2D eigenvalue weighted by atomic mass is 16.5. The number of esters is 1. The van der Waals surface area contributed by atoms with E-state index in [1.807, 2.05) is 13.8 Å². The third-order valence-corrected chi connectivity index (χ3v) is 2.69. The third-order valence-electron chi connectivity index (χ3n) is 2.69. The Morgan fingerprint density at radius 2 is 2.08 bits per heavy atom. The van der Waals surface area contributed by atoms with Crippen LogP contribution in [-0.2, 0) is 14.3 Å². The van der Waals surface area contributed by atoms with Crippen molar-refractivity contribution >= 4 is 5.97 Å². The zero-order valence-electron chi connectivity index (χ0n) is 8.79. The van der Waals surface area contributed by atoms with E-state index in [-0.39, 0.29) is 23.4 Å². The van der Waals surface area contributed by atoms with Crippen molar-refractivity contribution in [2.75, 3.05) is 13.7 Å². The Balaban J connectivity index is 2.46. The summed E-state index contributed by atoms with van der Waals surface area (Å²) in [6.07, 6.45) is 1.04. The summed E-state index contributed by atoms with van der Waals surface area (Å²) in [5, 5.41) is 0. The second-order valence-electron chi connectivity index (χ2n) is 4.11. The Kier molecular flexibility index (Phi) is 2.96. The van der Waals surface area contributed by atoms with Gasteiger partial charge in [0.15, 0.2) is 0 Å². The molecule has 0 aromatic carbocycles. The summed E-state index contributed by atoms with van der Waals surface area (Å²) in [5.74, 6) is -0.213. The van der Waals surface area contributed by atoms with E-state index in [2.05, 4.69) is 6.92 Å². The van der Waals surface area contributed by atoms with Gasteiger partial charge < -0.3 is 9.47 Å². The van der Waals surface area contributed by atoms with Crippen molar-refractivity contribution in [3.63, 3.8) is 0 Å². The third kappa shape index (κ3) is 1.85. The van der Waals surface area contributed by atoms with Crippen molar-refractivity contribution in [3.8, 4) is 0 Å². The highest BCUT2D eigenvalue weighted by molar-refractivity contribution is 5.78. The van der Waals surface area contributed by atoms with Crippen LogP contribution in [0.15, 0.2) is 0 Å². The first-order valence-corrected chi connectivity index (χ1v) is 4.75. The normalized spacial score (nSPS) is 29.8. The summed E-state index contributed by atoms with van der Waals surface area (Å²) < 4.78 is 10.3. The van der Waals surface area contributed by atoms with Crippen LogP contribution in [0, 0.1) is 11.3 Å². The van der Waals surface area contributed by atoms with Crippen molar-refractivity contribution in [2.45, 2.75) is 33.3 Å². The molecule has 1 rings (SSSR count). The molecule has 0 spiro atoms. The molecule has 1 saturated carbocycles. The summed E-state index contributed by atoms with van der Waals surface area (Å²) in [7, 11) is 1.42. The second-order valence-corrected chi connectivity index (χ2v) is 4.11. The van der Waals surface area contributed by atoms with Gasteiger partial charge in [0, 0.05) is 12.0 Å². The first-order chi connectivity index (χ1) is 6.05. The molecule has 0 heterocycles. The molecule has 76 valence electrons. The number of rotatable bonds is 4. The van der Waals surface area contributed by atoms with Crippen LogP contribution in [0.1, 0.15) is 27.2 Å². The summed E-state index contributed by atoms with van der Waals surface area (Å²) in [6, 6.07) is 0. The van der Waals surface area contributed by atoms with E-state index in [0.29, 0.717) is 0 Å². The van der Waals surface area contributed by atoms with Crippen LogP contribution in [0.5, 0.6) is 0 Å². The van der Waals surface area contributed by atoms with Crippen LogP contribution in [0.3, 0.4) is 0 Å². The van der Waals surface area contributed by atoms with Gasteiger partial charge in [-0.2, -0.15) is 0 Å². The van der Waals surface area contributed by atoms with E-state index >= 15 is 0 Å². The summed E-state index contributed by atoms with van der Waals surface area (Å²) >= 11 is 0. The van der Waals surface area contributed by atoms with E-state index < -0.39 is 0 Å². The Morgan fingerprint density at radius 3 is 2.54 bits per heavy atom.